The fraction of sp³-hybridized carbons (Fsp3) is 0.500. The van der Waals surface area contributed by atoms with E-state index in [1.165, 1.54) is 23.3 Å². The molecule has 1 aliphatic rings. The highest BCUT2D eigenvalue weighted by Crippen LogP contribution is 2.39. The quantitative estimate of drug-likeness (QED) is 0.629. The van der Waals surface area contributed by atoms with E-state index < -0.39 is 0 Å². The average Bonchev–Trinajstić information content (AvgIpc) is 2.85. The van der Waals surface area contributed by atoms with Crippen LogP contribution in [0, 0.1) is 0 Å². The number of thiophene rings is 1. The molecule has 2 aromatic heterocycles. The summed E-state index contributed by atoms with van der Waals surface area (Å²) in [6.07, 6.45) is 5.24. The number of rotatable bonds is 3. The number of alkyl halides is 1. The fourth-order valence-corrected chi connectivity index (χ4v) is 4.10. The highest BCUT2D eigenvalue weighted by atomic mass is 35.5. The first-order chi connectivity index (χ1) is 8.29. The predicted molar refractivity (Wildman–Crippen MR) is 73.5 cm³/mol. The van der Waals surface area contributed by atoms with Crippen LogP contribution in [-0.4, -0.2) is 15.8 Å². The molecule has 0 amide bonds. The Bertz CT molecular complexity index is 565. The maximum atomic E-state index is 6.29. The first-order valence-electron chi connectivity index (χ1n) is 5.82. The highest BCUT2D eigenvalue weighted by Gasteiger charge is 2.21. The Morgan fingerprint density at radius 1 is 1.24 bits per heavy atom. The topological polar surface area (TPSA) is 25.8 Å². The molecule has 0 aromatic carbocycles. The van der Waals surface area contributed by atoms with E-state index in [1.54, 1.807) is 11.3 Å². The van der Waals surface area contributed by atoms with E-state index in [4.69, 9.17) is 23.2 Å². The van der Waals surface area contributed by atoms with Crippen LogP contribution in [0.2, 0.25) is 5.15 Å². The average molecular weight is 287 g/mol. The highest BCUT2D eigenvalue weighted by molar-refractivity contribution is 7.19. The molecule has 0 bridgehead atoms. The summed E-state index contributed by atoms with van der Waals surface area (Å²) in [6.45, 7) is 0. The molecule has 5 heteroatoms. The maximum absolute atomic E-state index is 6.29. The minimum atomic E-state index is 0.624. The van der Waals surface area contributed by atoms with E-state index in [-0.39, 0.29) is 0 Å². The number of halogens is 2. The third kappa shape index (κ3) is 2.05. The van der Waals surface area contributed by atoms with Gasteiger partial charge in [-0.05, 0) is 31.2 Å². The zero-order valence-corrected chi connectivity index (χ0v) is 11.6. The summed E-state index contributed by atoms with van der Waals surface area (Å²) < 4.78 is 0. The van der Waals surface area contributed by atoms with Gasteiger partial charge in [-0.15, -0.1) is 22.9 Å². The molecule has 2 heterocycles. The van der Waals surface area contributed by atoms with Crippen LogP contribution in [0.5, 0.6) is 0 Å². The van der Waals surface area contributed by atoms with Gasteiger partial charge in [0.2, 0.25) is 0 Å². The zero-order valence-electron chi connectivity index (χ0n) is 9.30. The van der Waals surface area contributed by atoms with Crippen molar-refractivity contribution in [3.8, 4) is 0 Å². The van der Waals surface area contributed by atoms with Gasteiger partial charge in [-0.3, -0.25) is 0 Å². The van der Waals surface area contributed by atoms with Crippen LogP contribution in [0.3, 0.4) is 0 Å². The summed E-state index contributed by atoms with van der Waals surface area (Å²) in [6, 6.07) is 0. The van der Waals surface area contributed by atoms with Crippen LogP contribution >= 0.6 is 34.5 Å². The van der Waals surface area contributed by atoms with Crippen molar-refractivity contribution >= 4 is 44.8 Å². The number of nitrogens with zero attached hydrogens (tertiary/aromatic N) is 2. The van der Waals surface area contributed by atoms with Crippen LogP contribution in [0.4, 0.5) is 0 Å². The second-order valence-electron chi connectivity index (χ2n) is 4.26. The van der Waals surface area contributed by atoms with Gasteiger partial charge in [-0.2, -0.15) is 0 Å². The molecule has 3 rings (SSSR count). The maximum Gasteiger partial charge on any atom is 0.141 e. The Kier molecular flexibility index (Phi) is 3.24. The van der Waals surface area contributed by atoms with E-state index in [0.717, 1.165) is 35.3 Å². The van der Waals surface area contributed by atoms with Crippen molar-refractivity contribution in [1.29, 1.82) is 0 Å². The predicted octanol–water partition coefficient (Wildman–Crippen LogP) is 4.00. The van der Waals surface area contributed by atoms with E-state index in [9.17, 15) is 0 Å². The minimum absolute atomic E-state index is 0.624. The number of fused-ring (bicyclic) bond motifs is 3. The van der Waals surface area contributed by atoms with Gasteiger partial charge in [0.1, 0.15) is 15.8 Å². The molecule has 0 saturated heterocycles. The molecule has 0 saturated carbocycles. The summed E-state index contributed by atoms with van der Waals surface area (Å²) in [5, 5.41) is 1.72. The van der Waals surface area contributed by atoms with Crippen LogP contribution in [-0.2, 0) is 19.3 Å². The van der Waals surface area contributed by atoms with E-state index in [1.807, 2.05) is 0 Å². The molecule has 2 nitrogen and oxygen atoms in total. The van der Waals surface area contributed by atoms with Crippen molar-refractivity contribution in [1.82, 2.24) is 9.97 Å². The molecule has 0 unspecified atom stereocenters. The Labute approximate surface area is 114 Å². The number of hydrogen-bond donors (Lipinski definition) is 0. The molecule has 0 aliphatic heterocycles. The lowest BCUT2D eigenvalue weighted by atomic mass is 10.2. The molecular formula is C12H12Cl2N2S. The fourth-order valence-electron chi connectivity index (χ4n) is 2.33. The van der Waals surface area contributed by atoms with E-state index in [2.05, 4.69) is 9.97 Å². The molecule has 0 atom stereocenters. The lowest BCUT2D eigenvalue weighted by Crippen LogP contribution is -1.96. The first kappa shape index (κ1) is 11.7. The monoisotopic (exact) mass is 286 g/mol. The Balaban J connectivity index is 2.08. The van der Waals surface area contributed by atoms with E-state index >= 15 is 0 Å². The number of aromatic nitrogens is 2. The second-order valence-corrected chi connectivity index (χ2v) is 6.08. The molecule has 0 radical (unpaired) electrons. The lowest BCUT2D eigenvalue weighted by molar-refractivity contribution is 0.850. The van der Waals surface area contributed by atoms with Crippen LogP contribution < -0.4 is 0 Å². The van der Waals surface area contributed by atoms with Gasteiger partial charge in [0, 0.05) is 17.2 Å². The Hall–Kier alpha value is -0.380. The molecular weight excluding hydrogens is 275 g/mol. The summed E-state index contributed by atoms with van der Waals surface area (Å²) in [4.78, 5) is 11.5. The largest absolute Gasteiger partial charge is 0.222 e. The van der Waals surface area contributed by atoms with Gasteiger partial charge >= 0.3 is 0 Å². The SMILES string of the molecule is ClCCCc1nc(Cl)c2c3c(sc2n1)CCC3. The van der Waals surface area contributed by atoms with Crippen molar-refractivity contribution in [2.75, 3.05) is 5.88 Å². The molecule has 0 fully saturated rings. The van der Waals surface area contributed by atoms with Crippen molar-refractivity contribution in [2.45, 2.75) is 32.1 Å². The van der Waals surface area contributed by atoms with E-state index in [0.29, 0.717) is 11.0 Å². The summed E-state index contributed by atoms with van der Waals surface area (Å²) >= 11 is 13.8. The van der Waals surface area contributed by atoms with Crippen molar-refractivity contribution in [2.24, 2.45) is 0 Å². The summed E-state index contributed by atoms with van der Waals surface area (Å²) in [5.41, 5.74) is 1.39. The molecule has 90 valence electrons. The lowest BCUT2D eigenvalue weighted by Gasteiger charge is -2.01. The molecule has 2 aromatic rings. The van der Waals surface area contributed by atoms with Gasteiger partial charge in [0.05, 0.1) is 5.39 Å². The number of aryl methyl sites for hydroxylation is 3. The molecule has 17 heavy (non-hydrogen) atoms. The third-order valence-electron chi connectivity index (χ3n) is 3.10. The Morgan fingerprint density at radius 2 is 2.12 bits per heavy atom. The first-order valence-corrected chi connectivity index (χ1v) is 7.55. The smallest absolute Gasteiger partial charge is 0.141 e. The van der Waals surface area contributed by atoms with Crippen molar-refractivity contribution in [3.63, 3.8) is 0 Å². The van der Waals surface area contributed by atoms with Gasteiger partial charge in [0.25, 0.3) is 0 Å². The van der Waals surface area contributed by atoms with Crippen LogP contribution in [0.15, 0.2) is 0 Å². The standard InChI is InChI=1S/C12H12Cl2N2S/c13-6-2-5-9-15-11(14)10-7-3-1-4-8(7)17-12(10)16-9/h1-6H2. The molecule has 1 aliphatic carbocycles. The third-order valence-corrected chi connectivity index (χ3v) is 4.83. The number of hydrogen-bond acceptors (Lipinski definition) is 3. The zero-order chi connectivity index (χ0) is 11.8. The van der Waals surface area contributed by atoms with Crippen LogP contribution in [0.25, 0.3) is 10.2 Å². The van der Waals surface area contributed by atoms with Crippen molar-refractivity contribution in [3.05, 3.63) is 21.4 Å². The van der Waals surface area contributed by atoms with Crippen molar-refractivity contribution < 1.29 is 0 Å². The molecule has 0 N–H and O–H groups in total. The summed E-state index contributed by atoms with van der Waals surface area (Å²) in [7, 11) is 0. The van der Waals surface area contributed by atoms with Gasteiger partial charge in [-0.1, -0.05) is 11.6 Å². The molecule has 0 spiro atoms. The summed E-state index contributed by atoms with van der Waals surface area (Å²) in [5.74, 6) is 1.46. The normalized spacial score (nSPS) is 14.5. The second kappa shape index (κ2) is 4.71. The Morgan fingerprint density at radius 3 is 2.94 bits per heavy atom. The van der Waals surface area contributed by atoms with Crippen LogP contribution in [0.1, 0.15) is 29.1 Å². The van der Waals surface area contributed by atoms with Gasteiger partial charge < -0.3 is 0 Å². The van der Waals surface area contributed by atoms with Gasteiger partial charge in [-0.25, -0.2) is 9.97 Å². The van der Waals surface area contributed by atoms with Gasteiger partial charge in [0.15, 0.2) is 0 Å². The minimum Gasteiger partial charge on any atom is -0.222 e.